The fourth-order valence-corrected chi connectivity index (χ4v) is 2.49. The minimum atomic E-state index is 0.554. The maximum Gasteiger partial charge on any atom is 0.227 e. The highest BCUT2D eigenvalue weighted by Crippen LogP contribution is 2.27. The molecular formula is C18H17ClN2O. The van der Waals surface area contributed by atoms with Gasteiger partial charge in [-0.25, -0.2) is 4.98 Å². The Balaban J connectivity index is 1.77. The van der Waals surface area contributed by atoms with E-state index in [2.05, 4.69) is 41.1 Å². The Kier molecular flexibility index (Phi) is 4.16. The van der Waals surface area contributed by atoms with Gasteiger partial charge in [-0.05, 0) is 31.2 Å². The fraction of sp³-hybridized carbons (Fsp3) is 0.167. The predicted molar refractivity (Wildman–Crippen MR) is 90.2 cm³/mol. The van der Waals surface area contributed by atoms with Crippen LogP contribution >= 0.6 is 11.6 Å². The van der Waals surface area contributed by atoms with Gasteiger partial charge in [0.25, 0.3) is 0 Å². The Morgan fingerprint density at radius 1 is 1.09 bits per heavy atom. The van der Waals surface area contributed by atoms with Crippen LogP contribution in [0.25, 0.3) is 11.5 Å². The van der Waals surface area contributed by atoms with Crippen LogP contribution in [0.3, 0.4) is 0 Å². The summed E-state index contributed by atoms with van der Waals surface area (Å²) in [6, 6.07) is 16.0. The van der Waals surface area contributed by atoms with Crippen molar-refractivity contribution in [2.45, 2.75) is 13.5 Å². The molecule has 22 heavy (non-hydrogen) atoms. The minimum absolute atomic E-state index is 0.554. The van der Waals surface area contributed by atoms with E-state index in [9.17, 15) is 0 Å². The largest absolute Gasteiger partial charge is 0.444 e. The van der Waals surface area contributed by atoms with Gasteiger partial charge in [0.2, 0.25) is 5.89 Å². The Labute approximate surface area is 135 Å². The molecule has 112 valence electrons. The van der Waals surface area contributed by atoms with Crippen molar-refractivity contribution >= 4 is 17.3 Å². The highest BCUT2D eigenvalue weighted by molar-refractivity contribution is 6.33. The molecule has 0 aliphatic carbocycles. The number of halogens is 1. The van der Waals surface area contributed by atoms with E-state index in [1.54, 1.807) is 6.26 Å². The summed E-state index contributed by atoms with van der Waals surface area (Å²) >= 11 is 6.17. The molecule has 2 aromatic carbocycles. The van der Waals surface area contributed by atoms with Gasteiger partial charge < -0.3 is 9.32 Å². The molecule has 3 nitrogen and oxygen atoms in total. The highest BCUT2D eigenvalue weighted by Gasteiger charge is 2.11. The smallest absolute Gasteiger partial charge is 0.227 e. The van der Waals surface area contributed by atoms with Crippen molar-refractivity contribution in [1.82, 2.24) is 4.98 Å². The molecule has 3 aromatic rings. The van der Waals surface area contributed by atoms with E-state index in [0.717, 1.165) is 16.9 Å². The van der Waals surface area contributed by atoms with E-state index in [1.165, 1.54) is 5.56 Å². The summed E-state index contributed by atoms with van der Waals surface area (Å²) in [6.07, 6.45) is 1.68. The molecule has 4 heteroatoms. The first kappa shape index (κ1) is 14.7. The van der Waals surface area contributed by atoms with Crippen molar-refractivity contribution < 1.29 is 4.42 Å². The Hall–Kier alpha value is -2.26. The van der Waals surface area contributed by atoms with E-state index in [1.807, 2.05) is 31.3 Å². The number of benzene rings is 2. The number of aryl methyl sites for hydroxylation is 1. The van der Waals surface area contributed by atoms with Crippen molar-refractivity contribution in [2.24, 2.45) is 0 Å². The van der Waals surface area contributed by atoms with Gasteiger partial charge in [0, 0.05) is 12.7 Å². The van der Waals surface area contributed by atoms with Gasteiger partial charge in [0.1, 0.15) is 6.26 Å². The summed E-state index contributed by atoms with van der Waals surface area (Å²) in [4.78, 5) is 6.66. The van der Waals surface area contributed by atoms with Crippen molar-refractivity contribution in [3.8, 4) is 11.5 Å². The molecule has 0 atom stereocenters. The monoisotopic (exact) mass is 312 g/mol. The molecule has 3 rings (SSSR count). The second-order valence-electron chi connectivity index (χ2n) is 5.32. The molecule has 1 aromatic heterocycles. The van der Waals surface area contributed by atoms with Crippen molar-refractivity contribution in [2.75, 3.05) is 11.9 Å². The number of nitrogens with zero attached hydrogens (tertiary/aromatic N) is 2. The number of hydrogen-bond acceptors (Lipinski definition) is 3. The summed E-state index contributed by atoms with van der Waals surface area (Å²) in [6.45, 7) is 2.76. The lowest BCUT2D eigenvalue weighted by molar-refractivity contribution is 0.572. The van der Waals surface area contributed by atoms with Crippen LogP contribution in [-0.2, 0) is 6.54 Å². The molecule has 0 aliphatic rings. The van der Waals surface area contributed by atoms with E-state index < -0.39 is 0 Å². The molecule has 0 spiro atoms. The molecule has 1 heterocycles. The standard InChI is InChI=1S/C18H17ClN2O/c1-13-7-9-15(10-8-13)21(2)11-14-12-22-18(20-14)16-5-3-4-6-17(16)19/h3-10,12H,11H2,1-2H3. The lowest BCUT2D eigenvalue weighted by Gasteiger charge is -2.17. The zero-order valence-corrected chi connectivity index (χ0v) is 13.3. The lowest BCUT2D eigenvalue weighted by Crippen LogP contribution is -2.16. The van der Waals surface area contributed by atoms with E-state index in [4.69, 9.17) is 16.0 Å². The molecule has 0 fully saturated rings. The van der Waals surface area contributed by atoms with E-state index in [-0.39, 0.29) is 0 Å². The van der Waals surface area contributed by atoms with Crippen LogP contribution in [0.15, 0.2) is 59.2 Å². The fourth-order valence-electron chi connectivity index (χ4n) is 2.27. The first-order valence-electron chi connectivity index (χ1n) is 7.10. The average molecular weight is 313 g/mol. The summed E-state index contributed by atoms with van der Waals surface area (Å²) in [5.74, 6) is 0.554. The van der Waals surface area contributed by atoms with Crippen LogP contribution in [-0.4, -0.2) is 12.0 Å². The molecule has 0 unspecified atom stereocenters. The second kappa shape index (κ2) is 6.24. The molecule has 0 aliphatic heterocycles. The predicted octanol–water partition coefficient (Wildman–Crippen LogP) is 4.94. The quantitative estimate of drug-likeness (QED) is 0.683. The maximum atomic E-state index is 6.17. The van der Waals surface area contributed by atoms with Gasteiger partial charge >= 0.3 is 0 Å². The number of aromatic nitrogens is 1. The van der Waals surface area contributed by atoms with Crippen LogP contribution in [0.5, 0.6) is 0 Å². The molecule has 0 N–H and O–H groups in total. The Morgan fingerprint density at radius 2 is 1.82 bits per heavy atom. The molecule has 0 radical (unpaired) electrons. The molecule has 0 saturated heterocycles. The molecular weight excluding hydrogens is 296 g/mol. The summed E-state index contributed by atoms with van der Waals surface area (Å²) in [7, 11) is 2.04. The normalized spacial score (nSPS) is 10.7. The number of anilines is 1. The Bertz CT molecular complexity index is 765. The Morgan fingerprint density at radius 3 is 2.55 bits per heavy atom. The van der Waals surface area contributed by atoms with E-state index >= 15 is 0 Å². The summed E-state index contributed by atoms with van der Waals surface area (Å²) in [5.41, 5.74) is 4.08. The number of hydrogen-bond donors (Lipinski definition) is 0. The van der Waals surface area contributed by atoms with Crippen LogP contribution < -0.4 is 4.90 Å². The van der Waals surface area contributed by atoms with Crippen molar-refractivity contribution in [1.29, 1.82) is 0 Å². The van der Waals surface area contributed by atoms with Gasteiger partial charge in [-0.1, -0.05) is 41.4 Å². The molecule has 0 bridgehead atoms. The zero-order chi connectivity index (χ0) is 15.5. The first-order chi connectivity index (χ1) is 10.6. The van der Waals surface area contributed by atoms with Gasteiger partial charge in [-0.2, -0.15) is 0 Å². The van der Waals surface area contributed by atoms with Crippen molar-refractivity contribution in [3.05, 3.63) is 71.1 Å². The third-order valence-corrected chi connectivity index (χ3v) is 3.86. The minimum Gasteiger partial charge on any atom is -0.444 e. The maximum absolute atomic E-state index is 6.17. The van der Waals surface area contributed by atoms with Crippen LogP contribution in [0.1, 0.15) is 11.3 Å². The number of oxazole rings is 1. The SMILES string of the molecule is Cc1ccc(N(C)Cc2coc(-c3ccccc3Cl)n2)cc1. The topological polar surface area (TPSA) is 29.3 Å². The van der Waals surface area contributed by atoms with Gasteiger partial charge in [0.05, 0.1) is 22.8 Å². The van der Waals surface area contributed by atoms with Crippen LogP contribution in [0.2, 0.25) is 5.02 Å². The van der Waals surface area contributed by atoms with Gasteiger partial charge in [-0.15, -0.1) is 0 Å². The second-order valence-corrected chi connectivity index (χ2v) is 5.72. The third kappa shape index (κ3) is 3.15. The molecule has 0 amide bonds. The van der Waals surface area contributed by atoms with Gasteiger partial charge in [0.15, 0.2) is 0 Å². The zero-order valence-electron chi connectivity index (χ0n) is 12.6. The lowest BCUT2D eigenvalue weighted by atomic mass is 10.2. The number of rotatable bonds is 4. The highest BCUT2D eigenvalue weighted by atomic mass is 35.5. The van der Waals surface area contributed by atoms with Crippen LogP contribution in [0.4, 0.5) is 5.69 Å². The third-order valence-electron chi connectivity index (χ3n) is 3.53. The first-order valence-corrected chi connectivity index (χ1v) is 7.48. The average Bonchev–Trinajstić information content (AvgIpc) is 2.96. The molecule has 0 saturated carbocycles. The van der Waals surface area contributed by atoms with Gasteiger partial charge in [-0.3, -0.25) is 0 Å². The summed E-state index contributed by atoms with van der Waals surface area (Å²) in [5, 5.41) is 0.641. The van der Waals surface area contributed by atoms with Crippen LogP contribution in [0, 0.1) is 6.92 Å². The van der Waals surface area contributed by atoms with E-state index in [0.29, 0.717) is 17.5 Å². The van der Waals surface area contributed by atoms with Crippen molar-refractivity contribution in [3.63, 3.8) is 0 Å². The summed E-state index contributed by atoms with van der Waals surface area (Å²) < 4.78 is 5.57.